The van der Waals surface area contributed by atoms with Crippen LogP contribution in [0.5, 0.6) is 0 Å². The topological polar surface area (TPSA) is 55.0 Å². The quantitative estimate of drug-likeness (QED) is 0.356. The van der Waals surface area contributed by atoms with Crippen molar-refractivity contribution in [3.63, 3.8) is 0 Å². The molecule has 6 heteroatoms. The Bertz CT molecular complexity index is 1320. The lowest BCUT2D eigenvalue weighted by Gasteiger charge is -2.40. The van der Waals surface area contributed by atoms with Crippen molar-refractivity contribution in [1.29, 1.82) is 0 Å². The Hall–Kier alpha value is -3.38. The second kappa shape index (κ2) is 9.00. The molecule has 4 nitrogen and oxygen atoms in total. The third-order valence-corrected chi connectivity index (χ3v) is 6.93. The van der Waals surface area contributed by atoms with Crippen molar-refractivity contribution in [1.82, 2.24) is 9.97 Å². The van der Waals surface area contributed by atoms with E-state index in [4.69, 9.17) is 10.7 Å². The molecule has 4 aromatic rings. The molecule has 1 saturated heterocycles. The van der Waals surface area contributed by atoms with E-state index in [2.05, 4.69) is 29.2 Å². The van der Waals surface area contributed by atoms with Crippen molar-refractivity contribution in [3.8, 4) is 22.4 Å². The number of pyridine rings is 2. The molecule has 2 aromatic heterocycles. The molecule has 1 aliphatic carbocycles. The number of nitrogens with two attached hydrogens (primary N) is 1. The van der Waals surface area contributed by atoms with Crippen LogP contribution in [-0.2, 0) is 5.54 Å². The third-order valence-electron chi connectivity index (χ3n) is 6.93. The fraction of sp³-hybridized carbons (Fsp3) is 0.310. The molecule has 0 radical (unpaired) electrons. The number of rotatable bonds is 4. The molecule has 2 aliphatic rings. The van der Waals surface area contributed by atoms with E-state index in [0.29, 0.717) is 5.82 Å². The first-order valence-corrected chi connectivity index (χ1v) is 12.3. The molecule has 3 heterocycles. The van der Waals surface area contributed by atoms with Gasteiger partial charge < -0.3 is 10.6 Å². The molecule has 180 valence electrons. The summed E-state index contributed by atoms with van der Waals surface area (Å²) in [5, 5.41) is 0.780. The Morgan fingerprint density at radius 2 is 1.57 bits per heavy atom. The molecule has 35 heavy (non-hydrogen) atoms. The van der Waals surface area contributed by atoms with Gasteiger partial charge in [0.25, 0.3) is 5.92 Å². The lowest BCUT2D eigenvalue weighted by atomic mass is 9.72. The van der Waals surface area contributed by atoms with E-state index in [1.165, 1.54) is 6.42 Å². The minimum absolute atomic E-state index is 0.211. The van der Waals surface area contributed by atoms with Crippen molar-refractivity contribution >= 4 is 16.7 Å². The zero-order chi connectivity index (χ0) is 24.6. The Morgan fingerprint density at radius 3 is 2.17 bits per heavy atom. The average Bonchev–Trinajstić information content (AvgIpc) is 2.86. The highest BCUT2D eigenvalue weighted by molar-refractivity contribution is 5.97. The molecule has 0 bridgehead atoms. The summed E-state index contributed by atoms with van der Waals surface area (Å²) >= 11 is 0. The van der Waals surface area contributed by atoms with Crippen molar-refractivity contribution in [2.75, 3.05) is 18.0 Å². The number of alkyl halides is 2. The molecule has 0 unspecified atom stereocenters. The normalized spacial score (nSPS) is 17.7. The number of halogens is 2. The predicted molar refractivity (Wildman–Crippen MR) is 139 cm³/mol. The maximum Gasteiger partial charge on any atom is 0.282 e. The highest BCUT2D eigenvalue weighted by Crippen LogP contribution is 2.41. The number of anilines is 1. The van der Waals surface area contributed by atoms with Gasteiger partial charge in [-0.15, -0.1) is 0 Å². The van der Waals surface area contributed by atoms with E-state index < -0.39 is 5.92 Å². The van der Waals surface area contributed by atoms with Crippen LogP contribution in [0.25, 0.3) is 33.3 Å². The number of hydrogen-bond acceptors (Lipinski definition) is 4. The van der Waals surface area contributed by atoms with E-state index in [0.717, 1.165) is 51.7 Å². The molecule has 2 N–H and O–H groups in total. The Kier molecular flexibility index (Phi) is 6.01. The fourth-order valence-corrected chi connectivity index (χ4v) is 4.86. The molecule has 0 spiro atoms. The van der Waals surface area contributed by atoms with Crippen LogP contribution < -0.4 is 10.6 Å². The van der Waals surface area contributed by atoms with Crippen LogP contribution in [0.4, 0.5) is 14.6 Å². The van der Waals surface area contributed by atoms with Crippen molar-refractivity contribution in [2.45, 2.75) is 44.6 Å². The first-order chi connectivity index (χ1) is 16.9. The van der Waals surface area contributed by atoms with Crippen LogP contribution in [0.3, 0.4) is 0 Å². The highest BCUT2D eigenvalue weighted by atomic mass is 19.3. The smallest absolute Gasteiger partial charge is 0.282 e. The van der Waals surface area contributed by atoms with Crippen molar-refractivity contribution < 1.29 is 8.78 Å². The van der Waals surface area contributed by atoms with E-state index in [1.807, 2.05) is 56.3 Å². The SMILES string of the molecule is CC.NC1(c2ccc(-c3nc4ccnc(N5CC(F)(F)C5)c4cc3-c3ccccc3)cc2)CCC1. The van der Waals surface area contributed by atoms with E-state index >= 15 is 0 Å². The summed E-state index contributed by atoms with van der Waals surface area (Å²) in [4.78, 5) is 11.0. The standard InChI is InChI=1S/C27H24F2N4.C2H6/c28-27(29)16-33(17-27)25-22-15-21(18-5-2-1-3-6-18)24(32-23(22)11-14-31-25)19-7-9-20(10-8-19)26(30)12-4-13-26;1-2/h1-3,5-11,14-15H,4,12-13,16-17,30H2;1-2H3. The molecule has 1 saturated carbocycles. The van der Waals surface area contributed by atoms with Gasteiger partial charge in [-0.05, 0) is 42.5 Å². The van der Waals surface area contributed by atoms with E-state index in [9.17, 15) is 8.78 Å². The molecule has 2 fully saturated rings. The number of hydrogen-bond donors (Lipinski definition) is 1. The summed E-state index contributed by atoms with van der Waals surface area (Å²) in [7, 11) is 0. The molecule has 0 atom stereocenters. The highest BCUT2D eigenvalue weighted by Gasteiger charge is 2.45. The number of aromatic nitrogens is 2. The van der Waals surface area contributed by atoms with Crippen LogP contribution in [0, 0.1) is 0 Å². The first kappa shape index (κ1) is 23.4. The van der Waals surface area contributed by atoms with Gasteiger partial charge >= 0.3 is 0 Å². The maximum atomic E-state index is 13.6. The first-order valence-electron chi connectivity index (χ1n) is 12.3. The summed E-state index contributed by atoms with van der Waals surface area (Å²) in [6, 6.07) is 22.3. The van der Waals surface area contributed by atoms with Crippen LogP contribution in [0.15, 0.2) is 72.9 Å². The van der Waals surface area contributed by atoms with Gasteiger partial charge in [-0.3, -0.25) is 0 Å². The van der Waals surface area contributed by atoms with Crippen molar-refractivity contribution in [2.24, 2.45) is 5.73 Å². The second-order valence-electron chi connectivity index (χ2n) is 9.25. The van der Waals surface area contributed by atoms with Gasteiger partial charge in [0.15, 0.2) is 0 Å². The van der Waals surface area contributed by atoms with Crippen LogP contribution >= 0.6 is 0 Å². The molecule has 2 aromatic carbocycles. The van der Waals surface area contributed by atoms with Crippen LogP contribution in [0.2, 0.25) is 0 Å². The zero-order valence-corrected chi connectivity index (χ0v) is 20.1. The molecule has 6 rings (SSSR count). The predicted octanol–water partition coefficient (Wildman–Crippen LogP) is 6.78. The number of benzene rings is 2. The average molecular weight is 473 g/mol. The Labute approximate surface area is 204 Å². The summed E-state index contributed by atoms with van der Waals surface area (Å²) in [6.45, 7) is 3.37. The van der Waals surface area contributed by atoms with Gasteiger partial charge in [0.1, 0.15) is 5.82 Å². The lowest BCUT2D eigenvalue weighted by Crippen LogP contribution is -2.56. The summed E-state index contributed by atoms with van der Waals surface area (Å²) in [5.41, 5.74) is 12.0. The maximum absolute atomic E-state index is 13.6. The van der Waals surface area contributed by atoms with Gasteiger partial charge in [-0.1, -0.05) is 68.4 Å². The van der Waals surface area contributed by atoms with Gasteiger partial charge in [-0.25, -0.2) is 18.7 Å². The van der Waals surface area contributed by atoms with Gasteiger partial charge in [0.2, 0.25) is 0 Å². The largest absolute Gasteiger partial charge is 0.344 e. The summed E-state index contributed by atoms with van der Waals surface area (Å²) < 4.78 is 27.1. The van der Waals surface area contributed by atoms with E-state index in [-0.39, 0.29) is 18.6 Å². The summed E-state index contributed by atoms with van der Waals surface area (Å²) in [6.07, 6.45) is 4.84. The van der Waals surface area contributed by atoms with Crippen molar-refractivity contribution in [3.05, 3.63) is 78.5 Å². The van der Waals surface area contributed by atoms with Gasteiger partial charge in [0, 0.05) is 28.2 Å². The van der Waals surface area contributed by atoms with Gasteiger partial charge in [0.05, 0.1) is 24.3 Å². The molecule has 1 aliphatic heterocycles. The Morgan fingerprint density at radius 1 is 0.886 bits per heavy atom. The number of fused-ring (bicyclic) bond motifs is 1. The summed E-state index contributed by atoms with van der Waals surface area (Å²) in [5.74, 6) is -2.11. The minimum atomic E-state index is -2.66. The fourth-order valence-electron chi connectivity index (χ4n) is 4.86. The minimum Gasteiger partial charge on any atom is -0.344 e. The monoisotopic (exact) mass is 472 g/mol. The molecular formula is C29H30F2N4. The third kappa shape index (κ3) is 4.27. The number of nitrogens with zero attached hydrogens (tertiary/aromatic N) is 3. The van der Waals surface area contributed by atoms with Gasteiger partial charge in [-0.2, -0.15) is 0 Å². The van der Waals surface area contributed by atoms with Crippen LogP contribution in [0.1, 0.15) is 38.7 Å². The zero-order valence-electron chi connectivity index (χ0n) is 20.1. The lowest BCUT2D eigenvalue weighted by molar-refractivity contribution is -0.0265. The van der Waals surface area contributed by atoms with Crippen LogP contribution in [-0.4, -0.2) is 29.0 Å². The molecular weight excluding hydrogens is 442 g/mol. The Balaban J connectivity index is 0.00000124. The van der Waals surface area contributed by atoms with E-state index in [1.54, 1.807) is 11.1 Å². The second-order valence-corrected chi connectivity index (χ2v) is 9.25. The molecule has 0 amide bonds.